The molecule has 0 aliphatic heterocycles. The van der Waals surface area contributed by atoms with Gasteiger partial charge in [-0.3, -0.25) is 5.32 Å². The van der Waals surface area contributed by atoms with E-state index in [0.717, 1.165) is 22.3 Å². The van der Waals surface area contributed by atoms with Gasteiger partial charge in [-0.25, -0.2) is 14.3 Å². The zero-order valence-corrected chi connectivity index (χ0v) is 16.1. The highest BCUT2D eigenvalue weighted by molar-refractivity contribution is 5.89. The zero-order valence-electron chi connectivity index (χ0n) is 16.1. The molecule has 0 fully saturated rings. The first-order valence-corrected chi connectivity index (χ1v) is 9.40. The quantitative estimate of drug-likeness (QED) is 0.667. The standard InChI is InChI=1S/C22H21N3O4/c1-13(2)25-20(11-19(24-25)21(26)27)23-22(28)29-12-18-16-9-5-3-7-14(16)15-8-4-6-10-17(15)18/h3-11,13,18H,12H2,1-2H3,(H,23,28)(H,26,27). The van der Waals surface area contributed by atoms with Gasteiger partial charge in [-0.15, -0.1) is 0 Å². The molecule has 7 nitrogen and oxygen atoms in total. The van der Waals surface area contributed by atoms with Gasteiger partial charge in [0.1, 0.15) is 12.4 Å². The topological polar surface area (TPSA) is 93.5 Å². The fraction of sp³-hybridized carbons (Fsp3) is 0.227. The average Bonchev–Trinajstić information content (AvgIpc) is 3.26. The molecule has 1 aliphatic rings. The summed E-state index contributed by atoms with van der Waals surface area (Å²) < 4.78 is 6.96. The third-order valence-corrected chi connectivity index (χ3v) is 5.02. The van der Waals surface area contributed by atoms with Crippen LogP contribution >= 0.6 is 0 Å². The lowest BCUT2D eigenvalue weighted by Crippen LogP contribution is -2.20. The van der Waals surface area contributed by atoms with Gasteiger partial charge in [0.15, 0.2) is 5.69 Å². The van der Waals surface area contributed by atoms with E-state index in [4.69, 9.17) is 9.84 Å². The SMILES string of the molecule is CC(C)n1nc(C(=O)O)cc1NC(=O)OCC1c2ccccc2-c2ccccc21. The van der Waals surface area contributed by atoms with Crippen molar-refractivity contribution in [1.82, 2.24) is 9.78 Å². The zero-order chi connectivity index (χ0) is 20.5. The molecule has 0 atom stereocenters. The van der Waals surface area contributed by atoms with Crippen LogP contribution in [0.2, 0.25) is 0 Å². The van der Waals surface area contributed by atoms with Crippen molar-refractivity contribution in [3.05, 3.63) is 71.4 Å². The predicted octanol–water partition coefficient (Wildman–Crippen LogP) is 4.52. The highest BCUT2D eigenvalue weighted by atomic mass is 16.5. The third-order valence-electron chi connectivity index (χ3n) is 5.02. The maximum absolute atomic E-state index is 12.4. The first-order chi connectivity index (χ1) is 14.0. The fourth-order valence-electron chi connectivity index (χ4n) is 3.73. The highest BCUT2D eigenvalue weighted by Crippen LogP contribution is 2.44. The molecule has 4 rings (SSSR count). The molecule has 1 aliphatic carbocycles. The molecule has 0 spiro atoms. The molecule has 1 heterocycles. The third kappa shape index (κ3) is 3.47. The minimum absolute atomic E-state index is 0.0438. The van der Waals surface area contributed by atoms with Crippen LogP contribution in [0.15, 0.2) is 54.6 Å². The second-order valence-corrected chi connectivity index (χ2v) is 7.21. The van der Waals surface area contributed by atoms with Crippen LogP contribution < -0.4 is 5.32 Å². The summed E-state index contributed by atoms with van der Waals surface area (Å²) >= 11 is 0. The number of fused-ring (bicyclic) bond motifs is 3. The molecule has 0 unspecified atom stereocenters. The van der Waals surface area contributed by atoms with E-state index in [2.05, 4.69) is 22.5 Å². The first kappa shape index (κ1) is 18.7. The van der Waals surface area contributed by atoms with Crippen LogP contribution in [0, 0.1) is 0 Å². The van der Waals surface area contributed by atoms with E-state index in [1.165, 1.54) is 10.7 Å². The number of carboxylic acids is 1. The smallest absolute Gasteiger partial charge is 0.412 e. The van der Waals surface area contributed by atoms with Crippen LogP contribution in [0.1, 0.15) is 47.4 Å². The first-order valence-electron chi connectivity index (χ1n) is 9.40. The molecule has 3 aromatic rings. The molecule has 1 aromatic heterocycles. The van der Waals surface area contributed by atoms with Gasteiger partial charge in [0.2, 0.25) is 0 Å². The highest BCUT2D eigenvalue weighted by Gasteiger charge is 2.29. The summed E-state index contributed by atoms with van der Waals surface area (Å²) in [6.45, 7) is 3.88. The van der Waals surface area contributed by atoms with Crippen molar-refractivity contribution in [2.45, 2.75) is 25.8 Å². The van der Waals surface area contributed by atoms with Gasteiger partial charge in [-0.1, -0.05) is 48.5 Å². The van der Waals surface area contributed by atoms with Gasteiger partial charge in [0.25, 0.3) is 0 Å². The Balaban J connectivity index is 1.51. The minimum Gasteiger partial charge on any atom is -0.476 e. The monoisotopic (exact) mass is 391 g/mol. The summed E-state index contributed by atoms with van der Waals surface area (Å²) in [4.78, 5) is 23.6. The van der Waals surface area contributed by atoms with Gasteiger partial charge in [0.05, 0.1) is 0 Å². The average molecular weight is 391 g/mol. The van der Waals surface area contributed by atoms with Gasteiger partial charge in [-0.05, 0) is 36.1 Å². The molecule has 1 amide bonds. The molecule has 0 saturated carbocycles. The van der Waals surface area contributed by atoms with Crippen LogP contribution in [0.25, 0.3) is 11.1 Å². The summed E-state index contributed by atoms with van der Waals surface area (Å²) in [5, 5.41) is 15.8. The second kappa shape index (κ2) is 7.43. The van der Waals surface area contributed by atoms with Gasteiger partial charge >= 0.3 is 12.1 Å². The number of ether oxygens (including phenoxy) is 1. The van der Waals surface area contributed by atoms with Crippen molar-refractivity contribution in [1.29, 1.82) is 0 Å². The Hall–Kier alpha value is -3.61. The van der Waals surface area contributed by atoms with Gasteiger partial charge in [0, 0.05) is 18.0 Å². The second-order valence-electron chi connectivity index (χ2n) is 7.21. The van der Waals surface area contributed by atoms with Crippen molar-refractivity contribution in [3.8, 4) is 11.1 Å². The van der Waals surface area contributed by atoms with Crippen molar-refractivity contribution < 1.29 is 19.4 Å². The number of benzene rings is 2. The van der Waals surface area contributed by atoms with Crippen molar-refractivity contribution in [3.63, 3.8) is 0 Å². The number of anilines is 1. The molecule has 0 bridgehead atoms. The molecule has 148 valence electrons. The summed E-state index contributed by atoms with van der Waals surface area (Å²) in [5.41, 5.74) is 4.43. The normalized spacial score (nSPS) is 12.5. The number of hydrogen-bond donors (Lipinski definition) is 2. The summed E-state index contributed by atoms with van der Waals surface area (Å²) in [5.74, 6) is -0.910. The molecule has 0 radical (unpaired) electrons. The molecule has 7 heteroatoms. The number of amides is 1. The molecule has 2 aromatic carbocycles. The Morgan fingerprint density at radius 2 is 1.69 bits per heavy atom. The Morgan fingerprint density at radius 3 is 2.24 bits per heavy atom. The number of carbonyl (C=O) groups is 2. The minimum atomic E-state index is -1.15. The summed E-state index contributed by atoms with van der Waals surface area (Å²) in [7, 11) is 0. The number of nitrogens with zero attached hydrogens (tertiary/aromatic N) is 2. The predicted molar refractivity (Wildman–Crippen MR) is 108 cm³/mol. The number of aromatic nitrogens is 2. The largest absolute Gasteiger partial charge is 0.476 e. The number of rotatable bonds is 5. The molecule has 0 saturated heterocycles. The number of carboxylic acid groups (broad SMARTS) is 1. The van der Waals surface area contributed by atoms with Crippen molar-refractivity contribution in [2.75, 3.05) is 11.9 Å². The van der Waals surface area contributed by atoms with Gasteiger partial charge in [-0.2, -0.15) is 5.10 Å². The van der Waals surface area contributed by atoms with E-state index in [9.17, 15) is 9.59 Å². The Kier molecular flexibility index (Phi) is 4.80. The Morgan fingerprint density at radius 1 is 1.10 bits per heavy atom. The lowest BCUT2D eigenvalue weighted by Gasteiger charge is -2.15. The van der Waals surface area contributed by atoms with Crippen LogP contribution in [-0.4, -0.2) is 33.6 Å². The molecule has 2 N–H and O–H groups in total. The lowest BCUT2D eigenvalue weighted by atomic mass is 9.98. The van der Waals surface area contributed by atoms with E-state index in [1.807, 2.05) is 50.2 Å². The van der Waals surface area contributed by atoms with E-state index < -0.39 is 12.1 Å². The lowest BCUT2D eigenvalue weighted by molar-refractivity contribution is 0.0689. The van der Waals surface area contributed by atoms with Gasteiger partial charge < -0.3 is 9.84 Å². The fourth-order valence-corrected chi connectivity index (χ4v) is 3.73. The van der Waals surface area contributed by atoms with E-state index >= 15 is 0 Å². The maximum atomic E-state index is 12.4. The van der Waals surface area contributed by atoms with E-state index in [0.29, 0.717) is 0 Å². The van der Waals surface area contributed by atoms with Crippen LogP contribution in [0.5, 0.6) is 0 Å². The molecule has 29 heavy (non-hydrogen) atoms. The number of aromatic carboxylic acids is 1. The number of nitrogens with one attached hydrogen (secondary N) is 1. The van der Waals surface area contributed by atoms with Crippen molar-refractivity contribution in [2.24, 2.45) is 0 Å². The summed E-state index contributed by atoms with van der Waals surface area (Å²) in [6.07, 6.45) is -0.648. The van der Waals surface area contributed by atoms with Crippen LogP contribution in [0.4, 0.5) is 10.6 Å². The summed E-state index contributed by atoms with van der Waals surface area (Å²) in [6, 6.07) is 17.4. The van der Waals surface area contributed by atoms with Crippen LogP contribution in [-0.2, 0) is 4.74 Å². The molecular weight excluding hydrogens is 370 g/mol. The van der Waals surface area contributed by atoms with Crippen molar-refractivity contribution >= 4 is 17.9 Å². The molecular formula is C22H21N3O4. The number of hydrogen-bond acceptors (Lipinski definition) is 4. The van der Waals surface area contributed by atoms with E-state index in [1.54, 1.807) is 0 Å². The van der Waals surface area contributed by atoms with Crippen LogP contribution in [0.3, 0.4) is 0 Å². The maximum Gasteiger partial charge on any atom is 0.412 e. The Labute approximate surface area is 167 Å². The Bertz CT molecular complexity index is 1040. The van der Waals surface area contributed by atoms with E-state index in [-0.39, 0.29) is 30.1 Å². The number of carbonyl (C=O) groups excluding carboxylic acids is 1.